The fourth-order valence-corrected chi connectivity index (χ4v) is 10.1. The molecule has 2 rings (SSSR count). The van der Waals surface area contributed by atoms with Crippen LogP contribution in [-0.2, 0) is 12.8 Å². The van der Waals surface area contributed by atoms with Crippen molar-refractivity contribution >= 4 is 31.0 Å². The molecule has 0 saturated heterocycles. The molecule has 3 heteroatoms. The minimum Gasteiger partial charge on any atom is -0.340 e. The first-order valence-electron chi connectivity index (χ1n) is 10.0. The Bertz CT molecular complexity index is 677. The number of hydrogen-bond acceptors (Lipinski definition) is 0. The van der Waals surface area contributed by atoms with E-state index in [1.807, 2.05) is 0 Å². The molecule has 0 N–H and O–H groups in total. The standard InChI is InChI=1S/C22H39NS2/c1-8-24(9-2,10-3)18-19-14-15-20-17-22(23(7)21(20)16-19)25(11-4,12-5)13-6/h14-17H,8-13,18H2,1-7H3. The highest BCUT2D eigenvalue weighted by molar-refractivity contribution is 8.33. The summed E-state index contributed by atoms with van der Waals surface area (Å²) >= 11 is 0. The molecule has 1 nitrogen and oxygen atoms in total. The summed E-state index contributed by atoms with van der Waals surface area (Å²) in [4.78, 5) is 0. The van der Waals surface area contributed by atoms with Gasteiger partial charge in [-0.2, -0.15) is 0 Å². The van der Waals surface area contributed by atoms with Crippen molar-refractivity contribution in [1.29, 1.82) is 0 Å². The topological polar surface area (TPSA) is 4.93 Å². The Balaban J connectivity index is 2.49. The number of aromatic nitrogens is 1. The molecule has 25 heavy (non-hydrogen) atoms. The van der Waals surface area contributed by atoms with E-state index in [4.69, 9.17) is 0 Å². The molecule has 0 amide bonds. The van der Waals surface area contributed by atoms with Gasteiger partial charge in [-0.15, -0.1) is 0 Å². The van der Waals surface area contributed by atoms with Gasteiger partial charge in [0.25, 0.3) is 0 Å². The van der Waals surface area contributed by atoms with Gasteiger partial charge in [-0.3, -0.25) is 0 Å². The van der Waals surface area contributed by atoms with Crippen molar-refractivity contribution in [3.63, 3.8) is 0 Å². The largest absolute Gasteiger partial charge is 0.340 e. The molecular formula is C22H39NS2. The summed E-state index contributed by atoms with van der Waals surface area (Å²) in [7, 11) is 1.14. The highest BCUT2D eigenvalue weighted by atomic mass is 32.3. The highest BCUT2D eigenvalue weighted by Gasteiger charge is 2.25. The van der Waals surface area contributed by atoms with E-state index >= 15 is 0 Å². The molecule has 144 valence electrons. The van der Waals surface area contributed by atoms with E-state index in [0.29, 0.717) is 0 Å². The summed E-state index contributed by atoms with van der Waals surface area (Å²) < 4.78 is 2.52. The van der Waals surface area contributed by atoms with Crippen LogP contribution >= 0.6 is 20.1 Å². The number of aryl methyl sites for hydroxylation is 1. The Labute approximate surface area is 159 Å². The Hall–Kier alpha value is -0.540. The maximum absolute atomic E-state index is 2.52. The van der Waals surface area contributed by atoms with Gasteiger partial charge in [-0.25, -0.2) is 20.1 Å². The molecule has 1 aromatic carbocycles. The molecule has 0 aliphatic carbocycles. The lowest BCUT2D eigenvalue weighted by atomic mass is 10.2. The number of hydrogen-bond donors (Lipinski definition) is 0. The zero-order valence-electron chi connectivity index (χ0n) is 17.5. The van der Waals surface area contributed by atoms with Gasteiger partial charge in [0, 0.05) is 23.7 Å². The summed E-state index contributed by atoms with van der Waals surface area (Å²) in [5.74, 6) is 9.24. The van der Waals surface area contributed by atoms with Gasteiger partial charge >= 0.3 is 0 Å². The summed E-state index contributed by atoms with van der Waals surface area (Å²) in [6.07, 6.45) is 0. The predicted molar refractivity (Wildman–Crippen MR) is 123 cm³/mol. The Morgan fingerprint density at radius 3 is 1.80 bits per heavy atom. The molecule has 0 unspecified atom stereocenters. The molecule has 1 aromatic heterocycles. The van der Waals surface area contributed by atoms with Crippen LogP contribution < -0.4 is 0 Å². The van der Waals surface area contributed by atoms with Crippen molar-refractivity contribution in [2.75, 3.05) is 34.5 Å². The summed E-state index contributed by atoms with van der Waals surface area (Å²) in [6.45, 7) is 14.3. The third-order valence-electron chi connectivity index (χ3n) is 6.48. The number of benzene rings is 1. The van der Waals surface area contributed by atoms with Gasteiger partial charge in [0.2, 0.25) is 0 Å². The predicted octanol–water partition coefficient (Wildman–Crippen LogP) is 6.77. The number of rotatable bonds is 9. The van der Waals surface area contributed by atoms with E-state index in [1.165, 1.54) is 51.2 Å². The normalized spacial score (nSPS) is 14.2. The first-order valence-corrected chi connectivity index (χ1v) is 14.5. The second kappa shape index (κ2) is 8.43. The van der Waals surface area contributed by atoms with Crippen LogP contribution in [0.1, 0.15) is 47.1 Å². The average molecular weight is 382 g/mol. The molecule has 2 aromatic rings. The Kier molecular flexibility index (Phi) is 7.01. The lowest BCUT2D eigenvalue weighted by Crippen LogP contribution is -2.13. The zero-order chi connectivity index (χ0) is 18.7. The van der Waals surface area contributed by atoms with E-state index < -0.39 is 20.1 Å². The van der Waals surface area contributed by atoms with Crippen LogP contribution in [0.15, 0.2) is 29.3 Å². The molecule has 0 radical (unpaired) electrons. The molecule has 0 fully saturated rings. The second-order valence-corrected chi connectivity index (χ2v) is 15.8. The van der Waals surface area contributed by atoms with Crippen molar-refractivity contribution in [1.82, 2.24) is 4.57 Å². The van der Waals surface area contributed by atoms with Crippen LogP contribution in [0.4, 0.5) is 0 Å². The SMILES string of the molecule is CCS(CC)(CC)Cc1ccc2cc(S(CC)(CC)CC)n(C)c2c1. The average Bonchev–Trinajstić information content (AvgIpc) is 2.99. The molecular weight excluding hydrogens is 342 g/mol. The molecule has 0 aliphatic rings. The lowest BCUT2D eigenvalue weighted by Gasteiger charge is -2.38. The minimum absolute atomic E-state index is 0.484. The maximum Gasteiger partial charge on any atom is 0.0583 e. The van der Waals surface area contributed by atoms with Crippen molar-refractivity contribution in [2.24, 2.45) is 7.05 Å². The summed E-state index contributed by atoms with van der Waals surface area (Å²) in [6, 6.07) is 9.76. The van der Waals surface area contributed by atoms with Gasteiger partial charge in [-0.1, -0.05) is 53.7 Å². The monoisotopic (exact) mass is 381 g/mol. The van der Waals surface area contributed by atoms with Crippen LogP contribution in [0.2, 0.25) is 0 Å². The van der Waals surface area contributed by atoms with Gasteiger partial charge in [0.15, 0.2) is 0 Å². The minimum atomic E-state index is -0.675. The van der Waals surface area contributed by atoms with Gasteiger partial charge in [-0.05, 0) is 52.2 Å². The van der Waals surface area contributed by atoms with E-state index in [2.05, 4.69) is 77.4 Å². The summed E-state index contributed by atoms with van der Waals surface area (Å²) in [5, 5.41) is 3.03. The molecule has 0 saturated carbocycles. The Morgan fingerprint density at radius 2 is 1.32 bits per heavy atom. The molecule has 1 heterocycles. The smallest absolute Gasteiger partial charge is 0.0583 e. The van der Waals surface area contributed by atoms with Gasteiger partial charge in [0.05, 0.1) is 5.03 Å². The van der Waals surface area contributed by atoms with Crippen LogP contribution in [0.5, 0.6) is 0 Å². The lowest BCUT2D eigenvalue weighted by molar-refractivity contribution is 0.851. The maximum atomic E-state index is 2.52. The van der Waals surface area contributed by atoms with Crippen molar-refractivity contribution in [3.05, 3.63) is 29.8 Å². The fraction of sp³-hybridized carbons (Fsp3) is 0.636. The molecule has 0 aliphatic heterocycles. The van der Waals surface area contributed by atoms with Crippen molar-refractivity contribution in [3.8, 4) is 0 Å². The highest BCUT2D eigenvalue weighted by Crippen LogP contribution is 2.56. The van der Waals surface area contributed by atoms with Crippen LogP contribution in [0, 0.1) is 0 Å². The van der Waals surface area contributed by atoms with Gasteiger partial charge in [0.1, 0.15) is 0 Å². The first kappa shape index (κ1) is 20.8. The molecule has 0 spiro atoms. The first-order chi connectivity index (χ1) is 11.9. The molecule has 0 bridgehead atoms. The van der Waals surface area contributed by atoms with Gasteiger partial charge < -0.3 is 4.57 Å². The Morgan fingerprint density at radius 1 is 0.760 bits per heavy atom. The van der Waals surface area contributed by atoms with E-state index in [9.17, 15) is 0 Å². The van der Waals surface area contributed by atoms with E-state index in [1.54, 1.807) is 10.6 Å². The third kappa shape index (κ3) is 3.78. The quantitative estimate of drug-likeness (QED) is 0.452. The van der Waals surface area contributed by atoms with Crippen LogP contribution in [0.3, 0.4) is 0 Å². The number of nitrogens with zero attached hydrogens (tertiary/aromatic N) is 1. The summed E-state index contributed by atoms with van der Waals surface area (Å²) in [5.41, 5.74) is 2.99. The van der Waals surface area contributed by atoms with E-state index in [0.717, 1.165) is 0 Å². The van der Waals surface area contributed by atoms with Crippen molar-refractivity contribution in [2.45, 2.75) is 52.3 Å². The van der Waals surface area contributed by atoms with Crippen LogP contribution in [-0.4, -0.2) is 39.1 Å². The second-order valence-electron chi connectivity index (χ2n) is 7.08. The van der Waals surface area contributed by atoms with E-state index in [-0.39, 0.29) is 0 Å². The molecule has 0 atom stereocenters. The van der Waals surface area contributed by atoms with Crippen molar-refractivity contribution < 1.29 is 0 Å². The zero-order valence-corrected chi connectivity index (χ0v) is 19.2. The van der Waals surface area contributed by atoms with Crippen LogP contribution in [0.25, 0.3) is 10.9 Å². The number of fused-ring (bicyclic) bond motifs is 1. The third-order valence-corrected chi connectivity index (χ3v) is 15.7. The fourth-order valence-electron chi connectivity index (χ4n) is 4.18.